The second kappa shape index (κ2) is 66.4. The molecule has 0 aromatic heterocycles. The second-order valence-electron chi connectivity index (χ2n) is 22.7. The van der Waals surface area contributed by atoms with Crippen LogP contribution in [0.5, 0.6) is 0 Å². The molecule has 0 N–H and O–H groups in total. The molecule has 0 aliphatic carbocycles. The molecule has 78 heavy (non-hydrogen) atoms. The number of hydrogen-bond acceptors (Lipinski definition) is 6. The summed E-state index contributed by atoms with van der Waals surface area (Å²) in [6, 6.07) is 0. The van der Waals surface area contributed by atoms with Gasteiger partial charge < -0.3 is 14.2 Å². The molecule has 0 radical (unpaired) electrons. The first-order valence-corrected chi connectivity index (χ1v) is 33.9. The van der Waals surface area contributed by atoms with E-state index in [1.165, 1.54) is 212 Å². The molecule has 0 fully saturated rings. The summed E-state index contributed by atoms with van der Waals surface area (Å²) in [5.74, 6) is -0.855. The molecule has 0 aliphatic rings. The van der Waals surface area contributed by atoms with Crippen LogP contribution in [0.1, 0.15) is 348 Å². The molecule has 0 spiro atoms. The smallest absolute Gasteiger partial charge is 0.306 e. The Hall–Kier alpha value is -3.15. The van der Waals surface area contributed by atoms with E-state index in [0.29, 0.717) is 19.3 Å². The first kappa shape index (κ1) is 74.8. The Morgan fingerprint density at radius 1 is 0.269 bits per heavy atom. The van der Waals surface area contributed by atoms with Crippen LogP contribution in [0.25, 0.3) is 0 Å². The predicted octanol–water partition coefficient (Wildman–Crippen LogP) is 23.3. The van der Waals surface area contributed by atoms with Gasteiger partial charge in [0.2, 0.25) is 0 Å². The number of carbonyl (C=O) groups excluding carboxylic acids is 3. The minimum Gasteiger partial charge on any atom is -0.462 e. The highest BCUT2D eigenvalue weighted by Gasteiger charge is 2.19. The van der Waals surface area contributed by atoms with Gasteiger partial charge in [-0.3, -0.25) is 14.4 Å². The van der Waals surface area contributed by atoms with Gasteiger partial charge in [0.1, 0.15) is 13.2 Å². The number of allylic oxidation sites excluding steroid dienone is 12. The molecule has 0 rings (SSSR count). The molecule has 1 unspecified atom stereocenters. The minimum atomic E-state index is -0.768. The average Bonchev–Trinajstić information content (AvgIpc) is 3.44. The topological polar surface area (TPSA) is 78.9 Å². The molecule has 0 aromatic carbocycles. The first-order chi connectivity index (χ1) is 38.5. The van der Waals surface area contributed by atoms with E-state index in [9.17, 15) is 14.4 Å². The van der Waals surface area contributed by atoms with Crippen molar-refractivity contribution in [1.29, 1.82) is 0 Å². The predicted molar refractivity (Wildman–Crippen MR) is 339 cm³/mol. The van der Waals surface area contributed by atoms with Crippen molar-refractivity contribution in [2.75, 3.05) is 13.2 Å². The fourth-order valence-corrected chi connectivity index (χ4v) is 9.92. The van der Waals surface area contributed by atoms with Crippen LogP contribution >= 0.6 is 0 Å². The number of unbranched alkanes of at least 4 members (excludes halogenated alkanes) is 39. The molecular weight excluding hydrogens is 961 g/mol. The molecule has 0 bridgehead atoms. The van der Waals surface area contributed by atoms with E-state index in [0.717, 1.165) is 96.3 Å². The third-order valence-electron chi connectivity index (χ3n) is 15.0. The fraction of sp³-hybridized carbons (Fsp3) is 0.792. The molecule has 0 saturated carbocycles. The fourth-order valence-electron chi connectivity index (χ4n) is 9.92. The lowest BCUT2D eigenvalue weighted by atomic mass is 10.0. The van der Waals surface area contributed by atoms with Gasteiger partial charge in [-0.15, -0.1) is 0 Å². The molecule has 0 amide bonds. The first-order valence-electron chi connectivity index (χ1n) is 33.9. The zero-order valence-corrected chi connectivity index (χ0v) is 51.9. The van der Waals surface area contributed by atoms with Gasteiger partial charge in [-0.1, -0.05) is 331 Å². The largest absolute Gasteiger partial charge is 0.462 e. The van der Waals surface area contributed by atoms with Crippen molar-refractivity contribution in [1.82, 2.24) is 0 Å². The van der Waals surface area contributed by atoms with Crippen LogP contribution in [-0.2, 0) is 28.6 Å². The van der Waals surface area contributed by atoms with Gasteiger partial charge in [0, 0.05) is 19.3 Å². The van der Waals surface area contributed by atoms with Crippen molar-refractivity contribution in [3.63, 3.8) is 0 Å². The number of esters is 3. The summed E-state index contributed by atoms with van der Waals surface area (Å²) in [5.41, 5.74) is 0. The highest BCUT2D eigenvalue weighted by molar-refractivity contribution is 5.71. The molecule has 452 valence electrons. The lowest BCUT2D eigenvalue weighted by molar-refractivity contribution is -0.167. The van der Waals surface area contributed by atoms with Crippen LogP contribution < -0.4 is 0 Å². The SMILES string of the molecule is CC/C=C\C/C=C\C/C=C\C/C=C\C/C=C\C/C=C\CCCCCCCCCCCCCCCCCCC(=O)OCC(COC(=O)CCCCCCCCC)OC(=O)CCCCCCCCCCCCCCCCCCCC. The normalized spacial score (nSPS) is 12.5. The van der Waals surface area contributed by atoms with Gasteiger partial charge in [0.25, 0.3) is 0 Å². The van der Waals surface area contributed by atoms with Crippen molar-refractivity contribution in [3.8, 4) is 0 Å². The Kier molecular flexibility index (Phi) is 63.7. The third-order valence-corrected chi connectivity index (χ3v) is 15.0. The van der Waals surface area contributed by atoms with Crippen LogP contribution in [0.4, 0.5) is 0 Å². The second-order valence-corrected chi connectivity index (χ2v) is 22.7. The maximum Gasteiger partial charge on any atom is 0.306 e. The molecule has 1 atom stereocenters. The lowest BCUT2D eigenvalue weighted by Gasteiger charge is -2.18. The van der Waals surface area contributed by atoms with Crippen LogP contribution in [-0.4, -0.2) is 37.2 Å². The maximum atomic E-state index is 12.9. The zero-order valence-electron chi connectivity index (χ0n) is 51.9. The standard InChI is InChI=1S/C72H128O6/c1-4-7-10-13-16-18-20-22-24-26-28-29-30-31-32-33-34-35-36-37-38-39-40-41-42-43-44-46-47-49-51-53-56-59-62-65-71(74)77-68-69(67-76-70(73)64-61-58-55-15-12-9-6-3)78-72(75)66-63-60-57-54-52-50-48-45-27-25-23-21-19-17-14-11-8-5-2/h7,10,16,18,22,24,28-29,31-32,34-35,69H,4-6,8-9,11-15,17,19-21,23,25-27,30,33,36-68H2,1-3H3/b10-7-,18-16-,24-22-,29-28-,32-31-,35-34-. The summed E-state index contributed by atoms with van der Waals surface area (Å²) in [6.45, 7) is 6.53. The molecule has 0 saturated heterocycles. The Balaban J connectivity index is 3.99. The van der Waals surface area contributed by atoms with E-state index < -0.39 is 6.10 Å². The van der Waals surface area contributed by atoms with Gasteiger partial charge in [0.15, 0.2) is 6.10 Å². The zero-order chi connectivity index (χ0) is 56.4. The summed E-state index contributed by atoms with van der Waals surface area (Å²) in [7, 11) is 0. The van der Waals surface area contributed by atoms with Crippen LogP contribution in [0.2, 0.25) is 0 Å². The minimum absolute atomic E-state index is 0.0687. The summed E-state index contributed by atoms with van der Waals surface area (Å²) < 4.78 is 16.9. The highest BCUT2D eigenvalue weighted by Crippen LogP contribution is 2.18. The van der Waals surface area contributed by atoms with Crippen molar-refractivity contribution in [2.45, 2.75) is 354 Å². The third kappa shape index (κ3) is 63.7. The number of rotatable bonds is 62. The Morgan fingerprint density at radius 3 is 0.782 bits per heavy atom. The number of ether oxygens (including phenoxy) is 3. The Labute approximate surface area is 484 Å². The van der Waals surface area contributed by atoms with Crippen molar-refractivity contribution < 1.29 is 28.6 Å². The van der Waals surface area contributed by atoms with Gasteiger partial charge in [-0.2, -0.15) is 0 Å². The van der Waals surface area contributed by atoms with E-state index in [2.05, 4.69) is 93.7 Å². The number of hydrogen-bond donors (Lipinski definition) is 0. The van der Waals surface area contributed by atoms with Gasteiger partial charge in [-0.25, -0.2) is 0 Å². The summed E-state index contributed by atoms with van der Waals surface area (Å²) in [4.78, 5) is 38.1. The van der Waals surface area contributed by atoms with E-state index in [4.69, 9.17) is 14.2 Å². The Morgan fingerprint density at radius 2 is 0.500 bits per heavy atom. The molecule has 0 aromatic rings. The van der Waals surface area contributed by atoms with Crippen molar-refractivity contribution in [2.24, 2.45) is 0 Å². The Bertz CT molecular complexity index is 1440. The summed E-state index contributed by atoms with van der Waals surface area (Å²) in [5, 5.41) is 0. The van der Waals surface area contributed by atoms with Crippen LogP contribution in [0.3, 0.4) is 0 Å². The summed E-state index contributed by atoms with van der Waals surface area (Å²) >= 11 is 0. The molecule has 6 heteroatoms. The van der Waals surface area contributed by atoms with E-state index in [1.54, 1.807) is 0 Å². The van der Waals surface area contributed by atoms with Gasteiger partial charge >= 0.3 is 17.9 Å². The molecule has 6 nitrogen and oxygen atoms in total. The quantitative estimate of drug-likeness (QED) is 0.0261. The molecule has 0 heterocycles. The van der Waals surface area contributed by atoms with Crippen molar-refractivity contribution >= 4 is 17.9 Å². The van der Waals surface area contributed by atoms with Gasteiger partial charge in [0.05, 0.1) is 0 Å². The monoisotopic (exact) mass is 1090 g/mol. The highest BCUT2D eigenvalue weighted by atomic mass is 16.6. The lowest BCUT2D eigenvalue weighted by Crippen LogP contribution is -2.30. The molecule has 0 aliphatic heterocycles. The van der Waals surface area contributed by atoms with Crippen LogP contribution in [0, 0.1) is 0 Å². The van der Waals surface area contributed by atoms with E-state index >= 15 is 0 Å². The van der Waals surface area contributed by atoms with Crippen LogP contribution in [0.15, 0.2) is 72.9 Å². The average molecular weight is 1090 g/mol. The van der Waals surface area contributed by atoms with E-state index in [1.807, 2.05) is 0 Å². The maximum absolute atomic E-state index is 12.9. The number of carbonyl (C=O) groups is 3. The van der Waals surface area contributed by atoms with Crippen molar-refractivity contribution in [3.05, 3.63) is 72.9 Å². The summed E-state index contributed by atoms with van der Waals surface area (Å²) in [6.07, 6.45) is 86.7. The van der Waals surface area contributed by atoms with E-state index in [-0.39, 0.29) is 31.1 Å². The molecular formula is C72H128O6. The van der Waals surface area contributed by atoms with Gasteiger partial charge in [-0.05, 0) is 70.6 Å².